The normalized spacial score (nSPS) is 23.7. The lowest BCUT2D eigenvalue weighted by molar-refractivity contribution is 0.130. The van der Waals surface area contributed by atoms with E-state index in [4.69, 9.17) is 0 Å². The molecule has 2 N–H and O–H groups in total. The second-order valence-electron chi connectivity index (χ2n) is 8.35. The summed E-state index contributed by atoms with van der Waals surface area (Å²) in [7, 11) is 0. The minimum Gasteiger partial charge on any atom is -0.394 e. The van der Waals surface area contributed by atoms with Gasteiger partial charge in [0.05, 0.1) is 6.61 Å². The van der Waals surface area contributed by atoms with Crippen molar-refractivity contribution < 1.29 is 5.11 Å². The SMILES string of the molecule is CCC(CO)(CCCN1CCC(C(C)(C)C)C1)NC(C)C. The number of nitrogens with zero attached hydrogens (tertiary/aromatic N) is 1. The number of likely N-dealkylation sites (tertiary alicyclic amines) is 1. The molecular formula is C18H38N2O. The van der Waals surface area contributed by atoms with E-state index in [9.17, 15) is 5.11 Å². The van der Waals surface area contributed by atoms with Crippen LogP contribution in [0, 0.1) is 11.3 Å². The molecule has 1 fully saturated rings. The van der Waals surface area contributed by atoms with Gasteiger partial charge < -0.3 is 15.3 Å². The number of rotatable bonds is 8. The Labute approximate surface area is 132 Å². The lowest BCUT2D eigenvalue weighted by Crippen LogP contribution is -2.51. The van der Waals surface area contributed by atoms with Gasteiger partial charge in [0.25, 0.3) is 0 Å². The molecule has 0 bridgehead atoms. The van der Waals surface area contributed by atoms with E-state index in [0.29, 0.717) is 11.5 Å². The molecule has 3 nitrogen and oxygen atoms in total. The van der Waals surface area contributed by atoms with Gasteiger partial charge in [0, 0.05) is 18.1 Å². The van der Waals surface area contributed by atoms with Crippen LogP contribution in [-0.2, 0) is 0 Å². The molecule has 1 rings (SSSR count). The molecule has 1 aliphatic heterocycles. The minimum atomic E-state index is -0.0860. The molecule has 0 radical (unpaired) electrons. The maximum atomic E-state index is 9.79. The van der Waals surface area contributed by atoms with E-state index in [-0.39, 0.29) is 12.1 Å². The molecule has 2 unspecified atom stereocenters. The molecule has 2 atom stereocenters. The highest BCUT2D eigenvalue weighted by Crippen LogP contribution is 2.33. The topological polar surface area (TPSA) is 35.5 Å². The Hall–Kier alpha value is -0.120. The predicted molar refractivity (Wildman–Crippen MR) is 91.6 cm³/mol. The molecule has 0 aromatic rings. The fourth-order valence-electron chi connectivity index (χ4n) is 3.58. The Morgan fingerprint density at radius 3 is 2.38 bits per heavy atom. The van der Waals surface area contributed by atoms with Gasteiger partial charge in [0.1, 0.15) is 0 Å². The van der Waals surface area contributed by atoms with Crippen molar-refractivity contribution in [2.45, 2.75) is 78.8 Å². The molecule has 0 aromatic carbocycles. The molecule has 0 aliphatic carbocycles. The molecule has 21 heavy (non-hydrogen) atoms. The zero-order valence-corrected chi connectivity index (χ0v) is 15.2. The van der Waals surface area contributed by atoms with Crippen LogP contribution in [0.1, 0.15) is 67.2 Å². The Bertz CT molecular complexity index is 292. The number of aliphatic hydroxyl groups is 1. The quantitative estimate of drug-likeness (QED) is 0.722. The summed E-state index contributed by atoms with van der Waals surface area (Å²) in [5.74, 6) is 0.833. The Morgan fingerprint density at radius 1 is 1.29 bits per heavy atom. The summed E-state index contributed by atoms with van der Waals surface area (Å²) in [6.07, 6.45) is 4.57. The van der Waals surface area contributed by atoms with E-state index >= 15 is 0 Å². The standard InChI is InChI=1S/C18H38N2O/c1-7-18(14-21,19-15(2)3)10-8-11-20-12-9-16(13-20)17(4,5)6/h15-16,19,21H,7-14H2,1-6H3. The fourth-order valence-corrected chi connectivity index (χ4v) is 3.58. The van der Waals surface area contributed by atoms with Crippen LogP contribution in [0.5, 0.6) is 0 Å². The van der Waals surface area contributed by atoms with Gasteiger partial charge in [-0.2, -0.15) is 0 Å². The third-order valence-corrected chi connectivity index (χ3v) is 5.20. The first-order valence-corrected chi connectivity index (χ1v) is 8.83. The highest BCUT2D eigenvalue weighted by molar-refractivity contribution is 4.89. The first kappa shape index (κ1) is 18.9. The fraction of sp³-hybridized carbons (Fsp3) is 1.00. The molecule has 0 aromatic heterocycles. The summed E-state index contributed by atoms with van der Waals surface area (Å²) in [6, 6.07) is 0.425. The maximum absolute atomic E-state index is 9.79. The van der Waals surface area contributed by atoms with Crippen LogP contribution in [-0.4, -0.2) is 47.8 Å². The van der Waals surface area contributed by atoms with Gasteiger partial charge in [0.15, 0.2) is 0 Å². The van der Waals surface area contributed by atoms with Crippen molar-refractivity contribution in [3.8, 4) is 0 Å². The van der Waals surface area contributed by atoms with Crippen LogP contribution < -0.4 is 5.32 Å². The summed E-state index contributed by atoms with van der Waals surface area (Å²) in [5.41, 5.74) is 0.351. The van der Waals surface area contributed by atoms with Crippen molar-refractivity contribution in [3.05, 3.63) is 0 Å². The van der Waals surface area contributed by atoms with Crippen molar-refractivity contribution >= 4 is 0 Å². The van der Waals surface area contributed by atoms with Gasteiger partial charge in [-0.3, -0.25) is 0 Å². The van der Waals surface area contributed by atoms with E-state index < -0.39 is 0 Å². The zero-order chi connectivity index (χ0) is 16.1. The maximum Gasteiger partial charge on any atom is 0.0613 e. The van der Waals surface area contributed by atoms with Crippen molar-refractivity contribution in [3.63, 3.8) is 0 Å². The van der Waals surface area contributed by atoms with Crippen LogP contribution in [0.4, 0.5) is 0 Å². The van der Waals surface area contributed by atoms with Crippen LogP contribution in [0.15, 0.2) is 0 Å². The summed E-state index contributed by atoms with van der Waals surface area (Å²) < 4.78 is 0. The van der Waals surface area contributed by atoms with Gasteiger partial charge in [0.2, 0.25) is 0 Å². The monoisotopic (exact) mass is 298 g/mol. The number of hydrogen-bond acceptors (Lipinski definition) is 3. The van der Waals surface area contributed by atoms with Gasteiger partial charge in [-0.05, 0) is 50.1 Å². The average Bonchev–Trinajstić information content (AvgIpc) is 2.85. The van der Waals surface area contributed by atoms with Crippen molar-refractivity contribution in [2.75, 3.05) is 26.2 Å². The Morgan fingerprint density at radius 2 is 1.95 bits per heavy atom. The lowest BCUT2D eigenvalue weighted by Gasteiger charge is -2.35. The molecule has 0 saturated carbocycles. The van der Waals surface area contributed by atoms with Crippen molar-refractivity contribution in [1.29, 1.82) is 0 Å². The number of aliphatic hydroxyl groups excluding tert-OH is 1. The molecule has 126 valence electrons. The van der Waals surface area contributed by atoms with Crippen molar-refractivity contribution in [1.82, 2.24) is 10.2 Å². The first-order valence-electron chi connectivity index (χ1n) is 8.83. The summed E-state index contributed by atoms with van der Waals surface area (Å²) in [6.45, 7) is 17.5. The molecule has 1 aliphatic rings. The molecule has 1 saturated heterocycles. The predicted octanol–water partition coefficient (Wildman–Crippen LogP) is 3.27. The van der Waals surface area contributed by atoms with Gasteiger partial charge in [-0.15, -0.1) is 0 Å². The third kappa shape index (κ3) is 5.88. The van der Waals surface area contributed by atoms with Crippen LogP contribution in [0.2, 0.25) is 0 Å². The Kier molecular flexibility index (Phi) is 7.15. The van der Waals surface area contributed by atoms with E-state index in [1.807, 2.05) is 0 Å². The highest BCUT2D eigenvalue weighted by Gasteiger charge is 2.32. The molecule has 0 spiro atoms. The highest BCUT2D eigenvalue weighted by atomic mass is 16.3. The molecule has 0 amide bonds. The largest absolute Gasteiger partial charge is 0.394 e. The van der Waals surface area contributed by atoms with Gasteiger partial charge in [-0.1, -0.05) is 41.5 Å². The summed E-state index contributed by atoms with van der Waals surface area (Å²) >= 11 is 0. The van der Waals surface area contributed by atoms with E-state index in [1.54, 1.807) is 0 Å². The van der Waals surface area contributed by atoms with Crippen LogP contribution in [0.25, 0.3) is 0 Å². The van der Waals surface area contributed by atoms with Gasteiger partial charge >= 0.3 is 0 Å². The second kappa shape index (κ2) is 7.94. The summed E-state index contributed by atoms with van der Waals surface area (Å²) in [5, 5.41) is 13.4. The van der Waals surface area contributed by atoms with Crippen molar-refractivity contribution in [2.24, 2.45) is 11.3 Å². The Balaban J connectivity index is 2.38. The minimum absolute atomic E-state index is 0.0860. The van der Waals surface area contributed by atoms with Gasteiger partial charge in [-0.25, -0.2) is 0 Å². The lowest BCUT2D eigenvalue weighted by atomic mass is 9.80. The van der Waals surface area contributed by atoms with E-state index in [0.717, 1.165) is 18.8 Å². The molecular weight excluding hydrogens is 260 g/mol. The second-order valence-corrected chi connectivity index (χ2v) is 8.35. The molecule has 1 heterocycles. The smallest absolute Gasteiger partial charge is 0.0613 e. The average molecular weight is 299 g/mol. The van der Waals surface area contributed by atoms with Crippen LogP contribution >= 0.6 is 0 Å². The first-order chi connectivity index (χ1) is 9.72. The zero-order valence-electron chi connectivity index (χ0n) is 15.2. The molecule has 3 heteroatoms. The van der Waals surface area contributed by atoms with E-state index in [2.05, 4.69) is 51.8 Å². The summed E-state index contributed by atoms with van der Waals surface area (Å²) in [4.78, 5) is 2.61. The third-order valence-electron chi connectivity index (χ3n) is 5.20. The van der Waals surface area contributed by atoms with Crippen LogP contribution in [0.3, 0.4) is 0 Å². The number of nitrogens with one attached hydrogen (secondary N) is 1. The number of hydrogen-bond donors (Lipinski definition) is 2. The van der Waals surface area contributed by atoms with E-state index in [1.165, 1.54) is 32.5 Å².